The summed E-state index contributed by atoms with van der Waals surface area (Å²) in [5.74, 6) is 0.745. The van der Waals surface area contributed by atoms with E-state index in [1.54, 1.807) is 11.3 Å². The maximum atomic E-state index is 13.3. The Labute approximate surface area is 185 Å². The fraction of sp³-hybridized carbons (Fsp3) is 0.435. The van der Waals surface area contributed by atoms with Gasteiger partial charge >= 0.3 is 0 Å². The first-order valence-corrected chi connectivity index (χ1v) is 11.7. The summed E-state index contributed by atoms with van der Waals surface area (Å²) >= 11 is 1.58. The molecule has 1 fully saturated rings. The summed E-state index contributed by atoms with van der Waals surface area (Å²) in [4.78, 5) is 25.0. The number of fused-ring (bicyclic) bond motifs is 4. The van der Waals surface area contributed by atoms with Crippen molar-refractivity contribution >= 4 is 43.8 Å². The standard InChI is InChI=1S/C23H28N6OS/c1-15-16(2)31-22-19(15)23(30)29-21(25-22)18-8-5-4-7-17(18)20(26-29)24-9-6-10-28-13-11-27(3)12-14-28/h4-5,7-8H,6,9-14H2,1-3H3,(H,24,26). The SMILES string of the molecule is Cc1sc2nc3c4ccccc4c(NCCCN4CCN(C)CC4)nn3c(=O)c2c1C. The number of nitrogens with one attached hydrogen (secondary N) is 1. The Balaban J connectivity index is 1.47. The summed E-state index contributed by atoms with van der Waals surface area (Å²) in [5, 5.41) is 10.8. The Hall–Kier alpha value is -2.55. The summed E-state index contributed by atoms with van der Waals surface area (Å²) in [6.45, 7) is 10.4. The van der Waals surface area contributed by atoms with Crippen LogP contribution in [0.3, 0.4) is 0 Å². The van der Waals surface area contributed by atoms with Gasteiger partial charge in [-0.2, -0.15) is 4.52 Å². The average Bonchev–Trinajstić information content (AvgIpc) is 3.06. The molecular weight excluding hydrogens is 408 g/mol. The van der Waals surface area contributed by atoms with Gasteiger partial charge in [-0.05, 0) is 39.4 Å². The van der Waals surface area contributed by atoms with Crippen molar-refractivity contribution in [3.8, 4) is 0 Å². The zero-order valence-corrected chi connectivity index (χ0v) is 19.1. The average molecular weight is 437 g/mol. The highest BCUT2D eigenvalue weighted by atomic mass is 32.1. The Morgan fingerprint density at radius 2 is 1.84 bits per heavy atom. The number of benzene rings is 1. The largest absolute Gasteiger partial charge is 0.368 e. The molecule has 1 aromatic carbocycles. The molecule has 162 valence electrons. The van der Waals surface area contributed by atoms with Crippen LogP contribution in [0.1, 0.15) is 16.9 Å². The van der Waals surface area contributed by atoms with Crippen molar-refractivity contribution in [2.75, 3.05) is 51.6 Å². The quantitative estimate of drug-likeness (QED) is 0.383. The van der Waals surface area contributed by atoms with E-state index in [1.807, 2.05) is 38.1 Å². The number of thiophene rings is 1. The van der Waals surface area contributed by atoms with Gasteiger partial charge in [-0.15, -0.1) is 16.4 Å². The molecule has 1 aliphatic heterocycles. The molecule has 3 aromatic heterocycles. The van der Waals surface area contributed by atoms with E-state index in [1.165, 1.54) is 4.52 Å². The minimum atomic E-state index is -0.0897. The van der Waals surface area contributed by atoms with Crippen LogP contribution in [0.2, 0.25) is 0 Å². The number of aromatic nitrogens is 3. The van der Waals surface area contributed by atoms with Crippen LogP contribution in [0, 0.1) is 13.8 Å². The Morgan fingerprint density at radius 1 is 1.10 bits per heavy atom. The van der Waals surface area contributed by atoms with Gasteiger partial charge in [-0.1, -0.05) is 24.3 Å². The lowest BCUT2D eigenvalue weighted by atomic mass is 10.1. The summed E-state index contributed by atoms with van der Waals surface area (Å²) in [6, 6.07) is 8.06. The van der Waals surface area contributed by atoms with Crippen molar-refractivity contribution in [3.05, 3.63) is 45.1 Å². The van der Waals surface area contributed by atoms with Crippen LogP contribution in [0.5, 0.6) is 0 Å². The van der Waals surface area contributed by atoms with Crippen LogP contribution in [-0.4, -0.2) is 70.7 Å². The van der Waals surface area contributed by atoms with Crippen molar-refractivity contribution in [2.45, 2.75) is 20.3 Å². The highest BCUT2D eigenvalue weighted by Gasteiger charge is 2.17. The van der Waals surface area contributed by atoms with Gasteiger partial charge in [0.15, 0.2) is 11.5 Å². The number of hydrogen-bond acceptors (Lipinski definition) is 7. The molecule has 0 bridgehead atoms. The molecule has 1 saturated heterocycles. The molecule has 4 heterocycles. The Bertz CT molecular complexity index is 1320. The van der Waals surface area contributed by atoms with E-state index in [0.29, 0.717) is 11.0 Å². The summed E-state index contributed by atoms with van der Waals surface area (Å²) < 4.78 is 1.48. The van der Waals surface area contributed by atoms with Crippen molar-refractivity contribution in [2.24, 2.45) is 0 Å². The van der Waals surface area contributed by atoms with E-state index in [9.17, 15) is 4.79 Å². The van der Waals surface area contributed by atoms with E-state index >= 15 is 0 Å². The number of aryl methyl sites for hydroxylation is 2. The zero-order valence-electron chi connectivity index (χ0n) is 18.3. The van der Waals surface area contributed by atoms with E-state index in [-0.39, 0.29) is 5.56 Å². The second kappa shape index (κ2) is 8.18. The number of likely N-dealkylation sites (N-methyl/N-ethyl adjacent to an activating group) is 1. The van der Waals surface area contributed by atoms with Crippen molar-refractivity contribution in [1.82, 2.24) is 24.4 Å². The second-order valence-electron chi connectivity index (χ2n) is 8.44. The lowest BCUT2D eigenvalue weighted by Crippen LogP contribution is -2.44. The first kappa shape index (κ1) is 20.4. The van der Waals surface area contributed by atoms with E-state index in [0.717, 1.165) is 77.6 Å². The molecule has 0 saturated carbocycles. The van der Waals surface area contributed by atoms with Crippen molar-refractivity contribution in [1.29, 1.82) is 0 Å². The Morgan fingerprint density at radius 3 is 2.61 bits per heavy atom. The first-order valence-electron chi connectivity index (χ1n) is 10.9. The van der Waals surface area contributed by atoms with E-state index < -0.39 is 0 Å². The summed E-state index contributed by atoms with van der Waals surface area (Å²) in [7, 11) is 2.18. The number of rotatable bonds is 5. The van der Waals surface area contributed by atoms with Crippen LogP contribution >= 0.6 is 11.3 Å². The number of anilines is 1. The molecule has 0 atom stereocenters. The lowest BCUT2D eigenvalue weighted by molar-refractivity contribution is 0.154. The van der Waals surface area contributed by atoms with Crippen LogP contribution in [0.15, 0.2) is 29.1 Å². The third-order valence-corrected chi connectivity index (χ3v) is 7.44. The van der Waals surface area contributed by atoms with Crippen LogP contribution in [0.4, 0.5) is 5.82 Å². The van der Waals surface area contributed by atoms with Gasteiger partial charge in [-0.25, -0.2) is 4.98 Å². The summed E-state index contributed by atoms with van der Waals surface area (Å²) in [6.07, 6.45) is 1.03. The van der Waals surface area contributed by atoms with Gasteiger partial charge in [0.05, 0.1) is 5.39 Å². The van der Waals surface area contributed by atoms with Crippen molar-refractivity contribution < 1.29 is 0 Å². The van der Waals surface area contributed by atoms with Gasteiger partial charge < -0.3 is 15.1 Å². The fourth-order valence-electron chi connectivity index (χ4n) is 4.30. The molecule has 0 aliphatic carbocycles. The van der Waals surface area contributed by atoms with Crippen LogP contribution in [0.25, 0.3) is 26.6 Å². The second-order valence-corrected chi connectivity index (χ2v) is 9.64. The molecular formula is C23H28N6OS. The molecule has 0 unspecified atom stereocenters. The predicted octanol–water partition coefficient (Wildman–Crippen LogP) is 3.12. The third kappa shape index (κ3) is 3.69. The topological polar surface area (TPSA) is 65.8 Å². The molecule has 31 heavy (non-hydrogen) atoms. The molecule has 0 radical (unpaired) electrons. The maximum absolute atomic E-state index is 13.3. The highest BCUT2D eigenvalue weighted by Crippen LogP contribution is 2.29. The van der Waals surface area contributed by atoms with Gasteiger partial charge in [0.1, 0.15) is 4.83 Å². The molecule has 1 aliphatic rings. The fourth-order valence-corrected chi connectivity index (χ4v) is 5.32. The Kier molecular flexibility index (Phi) is 5.37. The van der Waals surface area contributed by atoms with Gasteiger partial charge in [-0.3, -0.25) is 4.79 Å². The van der Waals surface area contributed by atoms with Gasteiger partial charge in [0.25, 0.3) is 5.56 Å². The van der Waals surface area contributed by atoms with Crippen LogP contribution in [-0.2, 0) is 0 Å². The van der Waals surface area contributed by atoms with Crippen molar-refractivity contribution in [3.63, 3.8) is 0 Å². The predicted molar refractivity (Wildman–Crippen MR) is 129 cm³/mol. The molecule has 0 amide bonds. The molecule has 4 aromatic rings. The van der Waals surface area contributed by atoms with Crippen LogP contribution < -0.4 is 10.9 Å². The highest BCUT2D eigenvalue weighted by molar-refractivity contribution is 7.18. The van der Waals surface area contributed by atoms with E-state index in [4.69, 9.17) is 10.1 Å². The normalized spacial score (nSPS) is 16.0. The summed E-state index contributed by atoms with van der Waals surface area (Å²) in [5.41, 5.74) is 1.54. The van der Waals surface area contributed by atoms with Gasteiger partial charge in [0, 0.05) is 48.4 Å². The minimum Gasteiger partial charge on any atom is -0.368 e. The lowest BCUT2D eigenvalue weighted by Gasteiger charge is -2.32. The minimum absolute atomic E-state index is 0.0897. The third-order valence-electron chi connectivity index (χ3n) is 6.34. The zero-order chi connectivity index (χ0) is 21.5. The monoisotopic (exact) mass is 436 g/mol. The number of hydrogen-bond donors (Lipinski definition) is 1. The van der Waals surface area contributed by atoms with Gasteiger partial charge in [0.2, 0.25) is 0 Å². The molecule has 7 nitrogen and oxygen atoms in total. The first-order chi connectivity index (χ1) is 15.0. The number of nitrogens with zero attached hydrogens (tertiary/aromatic N) is 5. The molecule has 0 spiro atoms. The molecule has 5 rings (SSSR count). The molecule has 1 N–H and O–H groups in total. The molecule has 8 heteroatoms. The maximum Gasteiger partial charge on any atom is 0.283 e. The van der Waals surface area contributed by atoms with E-state index in [2.05, 4.69) is 22.2 Å². The number of piperazine rings is 1. The smallest absolute Gasteiger partial charge is 0.283 e.